The van der Waals surface area contributed by atoms with E-state index < -0.39 is 6.72 Å². The average molecular weight is 372 g/mol. The maximum absolute atomic E-state index is 13.4. The highest BCUT2D eigenvalue weighted by atomic mass is 32.7. The maximum atomic E-state index is 13.4. The van der Waals surface area contributed by atoms with Gasteiger partial charge in [-0.2, -0.15) is 0 Å². The van der Waals surface area contributed by atoms with E-state index in [1.807, 2.05) is 35.0 Å². The van der Waals surface area contributed by atoms with Gasteiger partial charge in [-0.25, -0.2) is 4.99 Å². The number of benzene rings is 1. The summed E-state index contributed by atoms with van der Waals surface area (Å²) in [4.78, 5) is 4.72. The van der Waals surface area contributed by atoms with Crippen molar-refractivity contribution in [1.82, 2.24) is 4.67 Å². The summed E-state index contributed by atoms with van der Waals surface area (Å²) in [7, 11) is 1.53. The molecule has 0 bridgehead atoms. The van der Waals surface area contributed by atoms with Gasteiger partial charge in [-0.05, 0) is 43.8 Å². The van der Waals surface area contributed by atoms with Crippen molar-refractivity contribution in [2.24, 2.45) is 4.99 Å². The molecule has 0 saturated carbocycles. The smallest absolute Gasteiger partial charge is 0.309 e. The Bertz CT molecular complexity index is 607. The van der Waals surface area contributed by atoms with Gasteiger partial charge in [0.05, 0.1) is 5.69 Å². The highest BCUT2D eigenvalue weighted by molar-refractivity contribution is 8.56. The predicted molar refractivity (Wildman–Crippen MR) is 104 cm³/mol. The first-order valence-corrected chi connectivity index (χ1v) is 11.6. The number of nitrogens with zero attached hydrogens (tertiary/aromatic N) is 2. The van der Waals surface area contributed by atoms with Gasteiger partial charge in [0, 0.05) is 23.7 Å². The standard InChI is InChI=1S/C16H25N2O2PS2/c1-6-13(2)23-21(19,20-5)18-12-16(3,4)22-15(18)17-14-10-8-7-9-11-14/h7-11,13H,6,12H2,1-5H3. The third-order valence-corrected chi connectivity index (χ3v) is 10.1. The lowest BCUT2D eigenvalue weighted by atomic mass is 10.2. The zero-order chi connectivity index (χ0) is 17.1. The van der Waals surface area contributed by atoms with Gasteiger partial charge in [0.2, 0.25) is 0 Å². The Labute approximate surface area is 147 Å². The van der Waals surface area contributed by atoms with Crippen molar-refractivity contribution >= 4 is 40.7 Å². The van der Waals surface area contributed by atoms with Crippen LogP contribution < -0.4 is 0 Å². The van der Waals surface area contributed by atoms with Crippen molar-refractivity contribution < 1.29 is 9.09 Å². The Morgan fingerprint density at radius 1 is 1.43 bits per heavy atom. The quantitative estimate of drug-likeness (QED) is 0.591. The summed E-state index contributed by atoms with van der Waals surface area (Å²) in [5.74, 6) is 0. The number of para-hydroxylation sites is 1. The number of hydrogen-bond donors (Lipinski definition) is 0. The van der Waals surface area contributed by atoms with Gasteiger partial charge >= 0.3 is 6.72 Å². The summed E-state index contributed by atoms with van der Waals surface area (Å²) in [6, 6.07) is 9.79. The fourth-order valence-corrected chi connectivity index (χ4v) is 8.45. The van der Waals surface area contributed by atoms with E-state index in [0.717, 1.165) is 17.3 Å². The van der Waals surface area contributed by atoms with Crippen LogP contribution in [0.5, 0.6) is 0 Å². The van der Waals surface area contributed by atoms with Crippen molar-refractivity contribution in [3.63, 3.8) is 0 Å². The number of amidine groups is 1. The van der Waals surface area contributed by atoms with Gasteiger partial charge in [0.25, 0.3) is 0 Å². The molecule has 0 N–H and O–H groups in total. The maximum Gasteiger partial charge on any atom is 0.355 e. The number of rotatable bonds is 6. The Hall–Kier alpha value is -0.420. The average Bonchev–Trinajstić information content (AvgIpc) is 2.83. The molecule has 2 unspecified atom stereocenters. The molecule has 128 valence electrons. The van der Waals surface area contributed by atoms with Crippen LogP contribution in [0.4, 0.5) is 5.69 Å². The minimum absolute atomic E-state index is 0.0438. The molecule has 1 aromatic carbocycles. The number of hydrogen-bond acceptors (Lipinski definition) is 5. The van der Waals surface area contributed by atoms with Crippen LogP contribution in [-0.4, -0.2) is 33.5 Å². The van der Waals surface area contributed by atoms with Gasteiger partial charge in [0.15, 0.2) is 5.17 Å². The van der Waals surface area contributed by atoms with Gasteiger partial charge in [-0.15, -0.1) is 0 Å². The van der Waals surface area contributed by atoms with Crippen molar-refractivity contribution in [2.45, 2.75) is 44.1 Å². The van der Waals surface area contributed by atoms with E-state index in [0.29, 0.717) is 6.54 Å². The second-order valence-corrected chi connectivity index (χ2v) is 12.6. The summed E-state index contributed by atoms with van der Waals surface area (Å²) >= 11 is 3.08. The molecule has 0 aliphatic carbocycles. The fraction of sp³-hybridized carbons (Fsp3) is 0.562. The summed E-state index contributed by atoms with van der Waals surface area (Å²) in [5.41, 5.74) is 0.869. The molecule has 1 aromatic rings. The Morgan fingerprint density at radius 3 is 2.65 bits per heavy atom. The molecule has 1 aliphatic rings. The second-order valence-electron chi connectivity index (χ2n) is 6.12. The lowest BCUT2D eigenvalue weighted by molar-refractivity contribution is 0.365. The van der Waals surface area contributed by atoms with Crippen LogP contribution >= 0.6 is 29.9 Å². The van der Waals surface area contributed by atoms with E-state index in [4.69, 9.17) is 9.52 Å². The fourth-order valence-electron chi connectivity index (χ4n) is 2.15. The first-order chi connectivity index (χ1) is 10.8. The van der Waals surface area contributed by atoms with Crippen LogP contribution in [-0.2, 0) is 9.09 Å². The van der Waals surface area contributed by atoms with Gasteiger partial charge in [-0.3, -0.25) is 9.24 Å². The molecule has 0 amide bonds. The Balaban J connectivity index is 2.36. The molecule has 1 aliphatic heterocycles. The van der Waals surface area contributed by atoms with Crippen molar-refractivity contribution in [3.8, 4) is 0 Å². The summed E-state index contributed by atoms with van der Waals surface area (Å²) in [5, 5.41) is 1.05. The summed E-state index contributed by atoms with van der Waals surface area (Å²) in [6.45, 7) is 6.14. The molecule has 1 fully saturated rings. The highest BCUT2D eigenvalue weighted by Gasteiger charge is 2.45. The topological polar surface area (TPSA) is 41.9 Å². The molecule has 4 nitrogen and oxygen atoms in total. The first kappa shape index (κ1) is 18.9. The van der Waals surface area contributed by atoms with E-state index in [9.17, 15) is 4.57 Å². The van der Waals surface area contributed by atoms with E-state index in [2.05, 4.69) is 27.7 Å². The molecule has 0 spiro atoms. The molecular formula is C16H25N2O2PS2. The Kier molecular flexibility index (Phi) is 6.28. The van der Waals surface area contributed by atoms with Crippen LogP contribution in [0.3, 0.4) is 0 Å². The zero-order valence-corrected chi connectivity index (χ0v) is 16.9. The van der Waals surface area contributed by atoms with Crippen LogP contribution in [0.25, 0.3) is 0 Å². The molecule has 23 heavy (non-hydrogen) atoms. The van der Waals surface area contributed by atoms with Crippen LogP contribution in [0, 0.1) is 0 Å². The van der Waals surface area contributed by atoms with Crippen LogP contribution in [0.1, 0.15) is 34.1 Å². The lowest BCUT2D eigenvalue weighted by Crippen LogP contribution is -2.26. The Morgan fingerprint density at radius 2 is 2.09 bits per heavy atom. The second kappa shape index (κ2) is 7.64. The minimum Gasteiger partial charge on any atom is -0.309 e. The van der Waals surface area contributed by atoms with Crippen molar-refractivity contribution in [3.05, 3.63) is 30.3 Å². The molecule has 2 rings (SSSR count). The first-order valence-electron chi connectivity index (χ1n) is 7.74. The van der Waals surface area contributed by atoms with Crippen molar-refractivity contribution in [2.75, 3.05) is 13.7 Å². The largest absolute Gasteiger partial charge is 0.355 e. The number of thioether (sulfide) groups is 1. The number of aliphatic imine (C=N–C) groups is 1. The third-order valence-electron chi connectivity index (χ3n) is 3.51. The van der Waals surface area contributed by atoms with E-state index in [-0.39, 0.29) is 10.00 Å². The highest BCUT2D eigenvalue weighted by Crippen LogP contribution is 2.67. The molecule has 0 radical (unpaired) electrons. The lowest BCUT2D eigenvalue weighted by Gasteiger charge is -2.29. The summed E-state index contributed by atoms with van der Waals surface area (Å²) < 4.78 is 20.8. The molecular weight excluding hydrogens is 347 g/mol. The molecule has 1 saturated heterocycles. The van der Waals surface area contributed by atoms with Gasteiger partial charge in [-0.1, -0.05) is 43.8 Å². The van der Waals surface area contributed by atoms with Gasteiger partial charge < -0.3 is 4.52 Å². The zero-order valence-electron chi connectivity index (χ0n) is 14.4. The van der Waals surface area contributed by atoms with Crippen LogP contribution in [0.2, 0.25) is 0 Å². The van der Waals surface area contributed by atoms with E-state index >= 15 is 0 Å². The summed E-state index contributed by atoms with van der Waals surface area (Å²) in [6.07, 6.45) is 0.952. The molecule has 0 aromatic heterocycles. The molecule has 7 heteroatoms. The molecule has 1 heterocycles. The van der Waals surface area contributed by atoms with E-state index in [1.165, 1.54) is 18.5 Å². The van der Waals surface area contributed by atoms with Crippen LogP contribution in [0.15, 0.2) is 35.3 Å². The van der Waals surface area contributed by atoms with Gasteiger partial charge in [0.1, 0.15) is 0 Å². The molecule has 2 atom stereocenters. The third kappa shape index (κ3) is 4.79. The monoisotopic (exact) mass is 372 g/mol. The van der Waals surface area contributed by atoms with Crippen molar-refractivity contribution in [1.29, 1.82) is 0 Å². The predicted octanol–water partition coefficient (Wildman–Crippen LogP) is 5.79. The van der Waals surface area contributed by atoms with E-state index in [1.54, 1.807) is 11.8 Å². The normalized spacial score (nSPS) is 23.0. The SMILES string of the molecule is CCC(C)SP(=O)(OC)N1CC(C)(C)SC1=Nc1ccccc1. The minimum atomic E-state index is -3.00.